The van der Waals surface area contributed by atoms with Crippen molar-refractivity contribution in [3.63, 3.8) is 0 Å². The maximum atomic E-state index is 13.4. The van der Waals surface area contributed by atoms with Gasteiger partial charge in [0, 0.05) is 30.5 Å². The van der Waals surface area contributed by atoms with Crippen molar-refractivity contribution in [1.82, 2.24) is 5.32 Å². The molecule has 6 nitrogen and oxygen atoms in total. The summed E-state index contributed by atoms with van der Waals surface area (Å²) in [5.74, 6) is -3.33. The number of hydrogen-bond acceptors (Lipinski definition) is 5. The van der Waals surface area contributed by atoms with Crippen LogP contribution < -0.4 is 5.32 Å². The van der Waals surface area contributed by atoms with Gasteiger partial charge in [0.1, 0.15) is 0 Å². The molecule has 0 bridgehead atoms. The highest BCUT2D eigenvalue weighted by Crippen LogP contribution is 2.58. The van der Waals surface area contributed by atoms with Crippen LogP contribution in [0, 0.1) is 15.5 Å². The van der Waals surface area contributed by atoms with Crippen molar-refractivity contribution in [2.24, 2.45) is 5.41 Å². The van der Waals surface area contributed by atoms with E-state index in [0.717, 1.165) is 0 Å². The number of benzene rings is 1. The average Bonchev–Trinajstić information content (AvgIpc) is 2.56. The number of rotatable bonds is 7. The molecule has 1 aliphatic rings. The zero-order chi connectivity index (χ0) is 18.8. The second-order valence-corrected chi connectivity index (χ2v) is 6.63. The van der Waals surface area contributed by atoms with E-state index in [1.807, 2.05) is 6.92 Å². The monoisotopic (exact) mass is 356 g/mol. The van der Waals surface area contributed by atoms with Crippen LogP contribution in [0.3, 0.4) is 0 Å². The Balaban J connectivity index is 2.34. The highest BCUT2D eigenvalue weighted by molar-refractivity contribution is 5.90. The molecule has 0 spiro atoms. The molecule has 1 aromatic rings. The molecule has 1 unspecified atom stereocenters. The van der Waals surface area contributed by atoms with E-state index >= 15 is 0 Å². The van der Waals surface area contributed by atoms with E-state index in [9.17, 15) is 23.7 Å². The molecule has 0 aromatic heterocycles. The van der Waals surface area contributed by atoms with E-state index in [0.29, 0.717) is 18.4 Å². The Morgan fingerprint density at radius 1 is 1.44 bits per heavy atom. The lowest BCUT2D eigenvalue weighted by Crippen LogP contribution is -2.47. The van der Waals surface area contributed by atoms with Crippen LogP contribution in [0.5, 0.6) is 0 Å². The van der Waals surface area contributed by atoms with Gasteiger partial charge in [0.25, 0.3) is 5.69 Å². The summed E-state index contributed by atoms with van der Waals surface area (Å²) in [5, 5.41) is 14.4. The number of nitrogens with one attached hydrogen (secondary N) is 1. The molecule has 25 heavy (non-hydrogen) atoms. The number of alkyl halides is 2. The molecular formula is C17H22F2N2O4. The zero-order valence-corrected chi connectivity index (χ0v) is 14.5. The quantitative estimate of drug-likeness (QED) is 0.456. The minimum Gasteiger partial charge on any atom is -0.465 e. The first-order valence-electron chi connectivity index (χ1n) is 8.09. The molecule has 0 aliphatic heterocycles. The highest BCUT2D eigenvalue weighted by atomic mass is 19.3. The number of carbonyl (C=O) groups is 1. The summed E-state index contributed by atoms with van der Waals surface area (Å²) in [6, 6.07) is 3.65. The molecule has 1 fully saturated rings. The van der Waals surface area contributed by atoms with Gasteiger partial charge in [0.05, 0.1) is 17.6 Å². The molecule has 0 heterocycles. The van der Waals surface area contributed by atoms with Crippen LogP contribution in [0.15, 0.2) is 18.2 Å². The highest BCUT2D eigenvalue weighted by Gasteiger charge is 2.55. The molecule has 1 N–H and O–H groups in total. The number of nitro groups is 1. The number of ether oxygens (including phenoxy) is 1. The maximum absolute atomic E-state index is 13.4. The van der Waals surface area contributed by atoms with Gasteiger partial charge in [-0.25, -0.2) is 13.6 Å². The van der Waals surface area contributed by atoms with Crippen molar-refractivity contribution in [2.75, 3.05) is 14.2 Å². The van der Waals surface area contributed by atoms with E-state index < -0.39 is 28.3 Å². The van der Waals surface area contributed by atoms with Crippen molar-refractivity contribution >= 4 is 11.7 Å². The standard InChI is InChI=1S/C17H22F2N2O4/c1-4-16(9-17(18,19)10-16)8-13(20-2)12-6-5-11(15(22)25-3)7-14(12)21(23)24/h5-7,13,20H,4,8-10H2,1-3H3. The number of nitrogens with zero attached hydrogens (tertiary/aromatic N) is 1. The lowest BCUT2D eigenvalue weighted by molar-refractivity contribution is -0.385. The third-order valence-electron chi connectivity index (χ3n) is 5.03. The summed E-state index contributed by atoms with van der Waals surface area (Å²) in [4.78, 5) is 22.5. The van der Waals surface area contributed by atoms with Crippen LogP contribution >= 0.6 is 0 Å². The summed E-state index contributed by atoms with van der Waals surface area (Å²) in [6.07, 6.45) is 0.536. The van der Waals surface area contributed by atoms with Crippen LogP contribution in [0.4, 0.5) is 14.5 Å². The minimum atomic E-state index is -2.66. The van der Waals surface area contributed by atoms with Crippen LogP contribution in [-0.2, 0) is 4.74 Å². The van der Waals surface area contributed by atoms with E-state index in [1.54, 1.807) is 7.05 Å². The SMILES string of the molecule is CCC1(CC(NC)c2ccc(C(=O)OC)cc2[N+](=O)[O-])CC(F)(F)C1. The van der Waals surface area contributed by atoms with Gasteiger partial charge in [-0.05, 0) is 37.4 Å². The Hall–Kier alpha value is -2.09. The number of halogens is 2. The third kappa shape index (κ3) is 3.95. The summed E-state index contributed by atoms with van der Waals surface area (Å²) in [7, 11) is 2.84. The van der Waals surface area contributed by atoms with Gasteiger partial charge in [-0.3, -0.25) is 10.1 Å². The van der Waals surface area contributed by atoms with Crippen molar-refractivity contribution < 1.29 is 23.2 Å². The molecule has 0 radical (unpaired) electrons. The fourth-order valence-electron chi connectivity index (χ4n) is 3.63. The topological polar surface area (TPSA) is 81.5 Å². The smallest absolute Gasteiger partial charge is 0.338 e. The molecular weight excluding hydrogens is 334 g/mol. The second-order valence-electron chi connectivity index (χ2n) is 6.63. The van der Waals surface area contributed by atoms with Gasteiger partial charge in [0.15, 0.2) is 0 Å². The van der Waals surface area contributed by atoms with E-state index in [1.165, 1.54) is 25.3 Å². The Kier molecular flexibility index (Phi) is 5.41. The summed E-state index contributed by atoms with van der Waals surface area (Å²) < 4.78 is 31.4. The molecule has 138 valence electrons. The van der Waals surface area contributed by atoms with Gasteiger partial charge >= 0.3 is 5.97 Å². The maximum Gasteiger partial charge on any atom is 0.338 e. The molecule has 0 amide bonds. The van der Waals surface area contributed by atoms with Crippen molar-refractivity contribution in [3.05, 3.63) is 39.4 Å². The minimum absolute atomic E-state index is 0.0770. The van der Waals surface area contributed by atoms with Gasteiger partial charge in [0.2, 0.25) is 5.92 Å². The summed E-state index contributed by atoms with van der Waals surface area (Å²) in [5.41, 5.74) is -0.303. The Labute approximate surface area is 144 Å². The van der Waals surface area contributed by atoms with Gasteiger partial charge in [-0.2, -0.15) is 0 Å². The number of carbonyl (C=O) groups excluding carboxylic acids is 1. The van der Waals surface area contributed by atoms with Crippen LogP contribution in [0.1, 0.15) is 54.6 Å². The third-order valence-corrected chi connectivity index (χ3v) is 5.03. The summed E-state index contributed by atoms with van der Waals surface area (Å²) in [6.45, 7) is 1.86. The molecule has 1 atom stereocenters. The van der Waals surface area contributed by atoms with Gasteiger partial charge in [-0.15, -0.1) is 0 Å². The molecule has 1 aliphatic carbocycles. The lowest BCUT2D eigenvalue weighted by atomic mass is 9.61. The predicted octanol–water partition coefficient (Wildman–Crippen LogP) is 3.86. The zero-order valence-electron chi connectivity index (χ0n) is 14.5. The molecule has 1 aromatic carbocycles. The van der Waals surface area contributed by atoms with E-state index in [-0.39, 0.29) is 24.1 Å². The van der Waals surface area contributed by atoms with Crippen molar-refractivity contribution in [2.45, 2.75) is 44.6 Å². The van der Waals surface area contributed by atoms with Crippen molar-refractivity contribution in [3.8, 4) is 0 Å². The largest absolute Gasteiger partial charge is 0.465 e. The second kappa shape index (κ2) is 7.03. The fraction of sp³-hybridized carbons (Fsp3) is 0.588. The first-order valence-corrected chi connectivity index (χ1v) is 8.09. The Bertz CT molecular complexity index is 671. The van der Waals surface area contributed by atoms with Crippen LogP contribution in [0.25, 0.3) is 0 Å². The van der Waals surface area contributed by atoms with Crippen LogP contribution in [0.2, 0.25) is 0 Å². The Morgan fingerprint density at radius 2 is 2.08 bits per heavy atom. The Morgan fingerprint density at radius 3 is 2.52 bits per heavy atom. The first kappa shape index (κ1) is 19.2. The van der Waals surface area contributed by atoms with Gasteiger partial charge < -0.3 is 10.1 Å². The molecule has 2 rings (SSSR count). The first-order chi connectivity index (χ1) is 11.7. The van der Waals surface area contributed by atoms with Gasteiger partial charge in [-0.1, -0.05) is 6.92 Å². The lowest BCUT2D eigenvalue weighted by Gasteiger charge is -2.48. The molecule has 1 saturated carbocycles. The number of methoxy groups -OCH3 is 1. The van der Waals surface area contributed by atoms with E-state index in [4.69, 9.17) is 0 Å². The van der Waals surface area contributed by atoms with E-state index in [2.05, 4.69) is 10.1 Å². The normalized spacial score (nSPS) is 18.9. The summed E-state index contributed by atoms with van der Waals surface area (Å²) >= 11 is 0. The molecule has 8 heteroatoms. The average molecular weight is 356 g/mol. The number of nitro benzene ring substituents is 1. The molecule has 0 saturated heterocycles. The fourth-order valence-corrected chi connectivity index (χ4v) is 3.63. The predicted molar refractivity (Wildman–Crippen MR) is 87.8 cm³/mol. The number of hydrogen-bond donors (Lipinski definition) is 1. The van der Waals surface area contributed by atoms with Crippen molar-refractivity contribution in [1.29, 1.82) is 0 Å². The number of esters is 1. The van der Waals surface area contributed by atoms with Crippen LogP contribution in [-0.4, -0.2) is 31.0 Å².